The maximum atomic E-state index is 11.6. The summed E-state index contributed by atoms with van der Waals surface area (Å²) in [7, 11) is 3.16. The molecule has 0 spiro atoms. The molecule has 0 aliphatic rings. The quantitative estimate of drug-likeness (QED) is 0.351. The third kappa shape index (κ3) is 11.0. The number of ether oxygens (including phenoxy) is 1. The number of hydrogen-bond donors (Lipinski definition) is 1. The Morgan fingerprint density at radius 3 is 2.87 bits per heavy atom. The van der Waals surface area contributed by atoms with Crippen LogP contribution in [0.15, 0.2) is 29.4 Å². The maximum absolute atomic E-state index is 11.6. The molecule has 7 heteroatoms. The average Bonchev–Trinajstić information content (AvgIpc) is 2.57. The van der Waals surface area contributed by atoms with Crippen LogP contribution in [0.4, 0.5) is 0 Å². The zero-order valence-corrected chi connectivity index (χ0v) is 15.1. The van der Waals surface area contributed by atoms with E-state index in [9.17, 15) is 9.59 Å². The molecule has 0 atom stereocenters. The fourth-order valence-electron chi connectivity index (χ4n) is 1.67. The molecule has 0 aliphatic heterocycles. The van der Waals surface area contributed by atoms with Crippen molar-refractivity contribution in [3.05, 3.63) is 24.4 Å². The average molecular weight is 357 g/mol. The number of unbranched alkanes of at least 4 members (excludes halogenated alkanes) is 2. The van der Waals surface area contributed by atoms with Crippen molar-refractivity contribution in [2.75, 3.05) is 18.9 Å². The Balaban J connectivity index is 1.95. The predicted molar refractivity (Wildman–Crippen MR) is 95.3 cm³/mol. The maximum Gasteiger partial charge on any atom is 0.305 e. The molecule has 1 amide bonds. The molecule has 0 aliphatic carbocycles. The van der Waals surface area contributed by atoms with Crippen LogP contribution in [0.1, 0.15) is 39.0 Å². The van der Waals surface area contributed by atoms with Gasteiger partial charge in [-0.15, -0.1) is 0 Å². The summed E-state index contributed by atoms with van der Waals surface area (Å²) in [6, 6.07) is 5.75. The number of nitrogens with zero attached hydrogens (tertiary/aromatic N) is 1. The van der Waals surface area contributed by atoms with E-state index in [0.717, 1.165) is 24.3 Å². The molecule has 5 nitrogen and oxygen atoms in total. The van der Waals surface area contributed by atoms with Crippen LogP contribution in [0.5, 0.6) is 0 Å². The smallest absolute Gasteiger partial charge is 0.305 e. The van der Waals surface area contributed by atoms with Crippen LogP contribution in [0.25, 0.3) is 0 Å². The second kappa shape index (κ2) is 13.2. The van der Waals surface area contributed by atoms with Crippen LogP contribution in [0.2, 0.25) is 0 Å². The van der Waals surface area contributed by atoms with Gasteiger partial charge in [-0.1, -0.05) is 36.6 Å². The standard InChI is InChI=1S/C16H24N2O3S2/c1-2-3-4-8-16(20)21-12-11-17-14(19)9-13-22-23-15-7-5-6-10-18-15/h5-7,10H,2-4,8-9,11-13H2,1H3,(H,17,19). The van der Waals surface area contributed by atoms with Gasteiger partial charge in [-0.05, 0) is 29.3 Å². The number of hydrogen-bond acceptors (Lipinski definition) is 6. The summed E-state index contributed by atoms with van der Waals surface area (Å²) >= 11 is 0. The van der Waals surface area contributed by atoms with Crippen molar-refractivity contribution in [2.45, 2.75) is 44.1 Å². The number of aromatic nitrogens is 1. The van der Waals surface area contributed by atoms with Crippen LogP contribution in [0.3, 0.4) is 0 Å². The minimum Gasteiger partial charge on any atom is -0.464 e. The third-order valence-corrected chi connectivity index (χ3v) is 5.13. The Bertz CT molecular complexity index is 458. The Kier molecular flexibility index (Phi) is 11.4. The van der Waals surface area contributed by atoms with Crippen LogP contribution >= 0.6 is 21.6 Å². The number of esters is 1. The Labute approximate surface area is 145 Å². The lowest BCUT2D eigenvalue weighted by Gasteiger charge is -2.06. The van der Waals surface area contributed by atoms with Crippen molar-refractivity contribution >= 4 is 33.5 Å². The second-order valence-electron chi connectivity index (χ2n) is 4.85. The summed E-state index contributed by atoms with van der Waals surface area (Å²) in [6.07, 6.45) is 5.64. The van der Waals surface area contributed by atoms with E-state index in [2.05, 4.69) is 17.2 Å². The third-order valence-electron chi connectivity index (χ3n) is 2.87. The molecule has 128 valence electrons. The highest BCUT2D eigenvalue weighted by atomic mass is 33.1. The lowest BCUT2D eigenvalue weighted by Crippen LogP contribution is -2.28. The monoisotopic (exact) mass is 356 g/mol. The first kappa shape index (κ1) is 19.8. The molecule has 0 radical (unpaired) electrons. The van der Waals surface area contributed by atoms with Gasteiger partial charge in [0.1, 0.15) is 11.6 Å². The minimum atomic E-state index is -0.185. The van der Waals surface area contributed by atoms with Crippen LogP contribution < -0.4 is 5.32 Å². The van der Waals surface area contributed by atoms with E-state index in [1.54, 1.807) is 27.8 Å². The van der Waals surface area contributed by atoms with Gasteiger partial charge < -0.3 is 10.1 Å². The van der Waals surface area contributed by atoms with Gasteiger partial charge in [-0.25, -0.2) is 4.98 Å². The summed E-state index contributed by atoms with van der Waals surface area (Å²) in [4.78, 5) is 27.2. The van der Waals surface area contributed by atoms with E-state index < -0.39 is 0 Å². The number of carbonyl (C=O) groups is 2. The van der Waals surface area contributed by atoms with Gasteiger partial charge in [0.05, 0.1) is 6.54 Å². The van der Waals surface area contributed by atoms with E-state index in [4.69, 9.17) is 4.74 Å². The van der Waals surface area contributed by atoms with E-state index in [-0.39, 0.29) is 18.5 Å². The molecule has 0 unspecified atom stereocenters. The molecule has 0 bridgehead atoms. The van der Waals surface area contributed by atoms with Crippen LogP contribution in [-0.2, 0) is 14.3 Å². The van der Waals surface area contributed by atoms with Crippen molar-refractivity contribution in [3.8, 4) is 0 Å². The summed E-state index contributed by atoms with van der Waals surface area (Å²) in [5.74, 6) is 0.500. The number of rotatable bonds is 12. The van der Waals surface area contributed by atoms with Gasteiger partial charge in [0.25, 0.3) is 0 Å². The summed E-state index contributed by atoms with van der Waals surface area (Å²) in [5.41, 5.74) is 0. The highest BCUT2D eigenvalue weighted by Crippen LogP contribution is 2.29. The fourth-order valence-corrected chi connectivity index (χ4v) is 3.54. The normalized spacial score (nSPS) is 10.3. The highest BCUT2D eigenvalue weighted by molar-refractivity contribution is 8.76. The molecule has 1 aromatic rings. The summed E-state index contributed by atoms with van der Waals surface area (Å²) in [5, 5.41) is 3.69. The van der Waals surface area contributed by atoms with Gasteiger partial charge in [-0.2, -0.15) is 0 Å². The van der Waals surface area contributed by atoms with Crippen molar-refractivity contribution in [3.63, 3.8) is 0 Å². The predicted octanol–water partition coefficient (Wildman–Crippen LogP) is 3.45. The topological polar surface area (TPSA) is 68.3 Å². The van der Waals surface area contributed by atoms with Crippen molar-refractivity contribution in [2.24, 2.45) is 0 Å². The molecule has 0 saturated carbocycles. The first-order valence-corrected chi connectivity index (χ1v) is 10.2. The number of carbonyl (C=O) groups excluding carboxylic acids is 2. The van der Waals surface area contributed by atoms with Crippen molar-refractivity contribution < 1.29 is 14.3 Å². The van der Waals surface area contributed by atoms with Crippen LogP contribution in [-0.4, -0.2) is 35.8 Å². The number of nitrogens with one attached hydrogen (secondary N) is 1. The second-order valence-corrected chi connectivity index (χ2v) is 7.29. The van der Waals surface area contributed by atoms with Gasteiger partial charge in [-0.3, -0.25) is 9.59 Å². The van der Waals surface area contributed by atoms with E-state index >= 15 is 0 Å². The Hall–Kier alpha value is -1.21. The SMILES string of the molecule is CCCCCC(=O)OCCNC(=O)CCSSc1ccccn1. The minimum absolute atomic E-state index is 0.0267. The molecule has 1 heterocycles. The number of amides is 1. The first-order valence-electron chi connectivity index (χ1n) is 7.85. The van der Waals surface area contributed by atoms with Gasteiger partial charge in [0.2, 0.25) is 5.91 Å². The fraction of sp³-hybridized carbons (Fsp3) is 0.562. The van der Waals surface area contributed by atoms with Gasteiger partial charge >= 0.3 is 5.97 Å². The lowest BCUT2D eigenvalue weighted by molar-refractivity contribution is -0.144. The first-order chi connectivity index (χ1) is 11.2. The molecular weight excluding hydrogens is 332 g/mol. The van der Waals surface area contributed by atoms with Gasteiger partial charge in [0, 0.05) is 24.8 Å². The summed E-state index contributed by atoms with van der Waals surface area (Å²) in [6.45, 7) is 2.71. The molecule has 1 rings (SSSR count). The zero-order valence-electron chi connectivity index (χ0n) is 13.5. The molecule has 0 fully saturated rings. The van der Waals surface area contributed by atoms with E-state index in [1.807, 2.05) is 18.2 Å². The molecule has 1 aromatic heterocycles. The molecule has 0 aromatic carbocycles. The lowest BCUT2D eigenvalue weighted by atomic mass is 10.2. The molecular formula is C16H24N2O3S2. The van der Waals surface area contributed by atoms with Crippen LogP contribution in [0, 0.1) is 0 Å². The van der Waals surface area contributed by atoms with Crippen molar-refractivity contribution in [1.29, 1.82) is 0 Å². The molecule has 23 heavy (non-hydrogen) atoms. The summed E-state index contributed by atoms with van der Waals surface area (Å²) < 4.78 is 5.05. The Morgan fingerprint density at radius 2 is 2.13 bits per heavy atom. The van der Waals surface area contributed by atoms with Gasteiger partial charge in [0.15, 0.2) is 0 Å². The zero-order chi connectivity index (χ0) is 16.8. The van der Waals surface area contributed by atoms with E-state index in [0.29, 0.717) is 25.1 Å². The van der Waals surface area contributed by atoms with Crippen molar-refractivity contribution in [1.82, 2.24) is 10.3 Å². The number of pyridine rings is 1. The van der Waals surface area contributed by atoms with E-state index in [1.165, 1.54) is 0 Å². The molecule has 1 N–H and O–H groups in total. The highest BCUT2D eigenvalue weighted by Gasteiger charge is 2.04. The largest absolute Gasteiger partial charge is 0.464 e. The molecule has 0 saturated heterocycles. The Morgan fingerprint density at radius 1 is 1.26 bits per heavy atom.